The highest BCUT2D eigenvalue weighted by Gasteiger charge is 2.09. The lowest BCUT2D eigenvalue weighted by Gasteiger charge is -2.09. The average Bonchev–Trinajstić information content (AvgIpc) is 2.44. The third-order valence-corrected chi connectivity index (χ3v) is 3.02. The molecule has 0 unspecified atom stereocenters. The molecule has 1 rings (SSSR count). The van der Waals surface area contributed by atoms with Crippen LogP contribution >= 0.6 is 0 Å². The van der Waals surface area contributed by atoms with Gasteiger partial charge in [-0.3, -0.25) is 4.79 Å². The molecule has 0 bridgehead atoms. The summed E-state index contributed by atoms with van der Waals surface area (Å²) in [5.41, 5.74) is 7.15. The van der Waals surface area contributed by atoms with E-state index in [4.69, 9.17) is 5.73 Å². The molecular formula is C15H23N2O2. The maximum Gasteiger partial charge on any atom is 0.251 e. The lowest BCUT2D eigenvalue weighted by atomic mass is 10.0. The third-order valence-electron chi connectivity index (χ3n) is 3.02. The minimum absolute atomic E-state index is 0.0326. The van der Waals surface area contributed by atoms with Crippen LogP contribution < -0.4 is 11.1 Å². The number of hydrogen-bond acceptors (Lipinski definition) is 2. The van der Waals surface area contributed by atoms with Gasteiger partial charge in [-0.15, -0.1) is 0 Å². The van der Waals surface area contributed by atoms with Gasteiger partial charge in [0.05, 0.1) is 6.61 Å². The summed E-state index contributed by atoms with van der Waals surface area (Å²) in [6.07, 6.45) is 4.11. The fraction of sp³-hybridized carbons (Fsp3) is 0.533. The quantitative estimate of drug-likeness (QED) is 0.668. The molecule has 1 aromatic rings. The van der Waals surface area contributed by atoms with Crippen LogP contribution in [-0.2, 0) is 11.5 Å². The molecule has 0 atom stereocenters. The molecule has 4 heteroatoms. The van der Waals surface area contributed by atoms with E-state index in [0.29, 0.717) is 19.5 Å². The fourth-order valence-corrected chi connectivity index (χ4v) is 1.94. The molecule has 0 saturated heterocycles. The molecule has 1 radical (unpaired) electrons. The first-order chi connectivity index (χ1) is 9.29. The highest BCUT2D eigenvalue weighted by atomic mass is 16.2. The Morgan fingerprint density at radius 1 is 1.11 bits per heavy atom. The van der Waals surface area contributed by atoms with Crippen molar-refractivity contribution in [2.24, 2.45) is 5.73 Å². The zero-order valence-corrected chi connectivity index (χ0v) is 11.4. The number of carbonyl (C=O) groups excluding carboxylic acids is 1. The molecule has 4 nitrogen and oxygen atoms in total. The van der Waals surface area contributed by atoms with Crippen molar-refractivity contribution in [3.8, 4) is 0 Å². The smallest absolute Gasteiger partial charge is 0.251 e. The molecule has 0 aliphatic carbocycles. The van der Waals surface area contributed by atoms with Crippen LogP contribution in [0.25, 0.3) is 0 Å². The second-order valence-corrected chi connectivity index (χ2v) is 4.57. The summed E-state index contributed by atoms with van der Waals surface area (Å²) in [5.74, 6) is -0.0326. The second-order valence-electron chi connectivity index (χ2n) is 4.57. The van der Waals surface area contributed by atoms with Crippen molar-refractivity contribution >= 4 is 5.91 Å². The number of carbonyl (C=O) groups is 1. The summed E-state index contributed by atoms with van der Waals surface area (Å²) in [6.45, 7) is 1.26. The predicted molar refractivity (Wildman–Crippen MR) is 75.6 cm³/mol. The number of aryl methyl sites for hydroxylation is 1. The van der Waals surface area contributed by atoms with Gasteiger partial charge in [0.1, 0.15) is 0 Å². The largest absolute Gasteiger partial charge is 0.352 e. The molecule has 0 heterocycles. The summed E-state index contributed by atoms with van der Waals surface area (Å²) in [7, 11) is 0. The summed E-state index contributed by atoms with van der Waals surface area (Å²) in [5, 5.41) is 13.4. The zero-order chi connectivity index (χ0) is 13.9. The number of hydrogen-bond donors (Lipinski definition) is 2. The minimum Gasteiger partial charge on any atom is -0.352 e. The van der Waals surface area contributed by atoms with Gasteiger partial charge in [-0.2, -0.15) is 0 Å². The van der Waals surface area contributed by atoms with E-state index in [9.17, 15) is 9.90 Å². The van der Waals surface area contributed by atoms with Crippen LogP contribution in [0.4, 0.5) is 0 Å². The third kappa shape index (κ3) is 5.85. The Morgan fingerprint density at radius 3 is 2.63 bits per heavy atom. The van der Waals surface area contributed by atoms with Gasteiger partial charge in [0.15, 0.2) is 0 Å². The van der Waals surface area contributed by atoms with Crippen LogP contribution in [0.15, 0.2) is 24.3 Å². The highest BCUT2D eigenvalue weighted by Crippen LogP contribution is 2.12. The van der Waals surface area contributed by atoms with E-state index in [1.54, 1.807) is 0 Å². The SMILES string of the molecule is NCCCCNC(=O)c1ccccc1CCCC[O]. The van der Waals surface area contributed by atoms with Crippen molar-refractivity contribution in [3.05, 3.63) is 35.4 Å². The summed E-state index contributed by atoms with van der Waals surface area (Å²) < 4.78 is 0. The minimum atomic E-state index is -0.0482. The Kier molecular flexibility index (Phi) is 7.86. The Morgan fingerprint density at radius 2 is 1.89 bits per heavy atom. The molecule has 0 aromatic heterocycles. The van der Waals surface area contributed by atoms with Gasteiger partial charge in [-0.1, -0.05) is 18.2 Å². The summed E-state index contributed by atoms with van der Waals surface area (Å²) in [6, 6.07) is 7.59. The molecule has 1 amide bonds. The number of nitrogens with two attached hydrogens (primary N) is 1. The van der Waals surface area contributed by atoms with Crippen LogP contribution in [0.2, 0.25) is 0 Å². The van der Waals surface area contributed by atoms with Crippen molar-refractivity contribution in [3.63, 3.8) is 0 Å². The van der Waals surface area contributed by atoms with Gasteiger partial charge in [0.25, 0.3) is 5.91 Å². The monoisotopic (exact) mass is 263 g/mol. The van der Waals surface area contributed by atoms with Crippen LogP contribution in [0.1, 0.15) is 41.6 Å². The predicted octanol–water partition coefficient (Wildman–Crippen LogP) is 1.91. The maximum absolute atomic E-state index is 12.1. The van der Waals surface area contributed by atoms with Crippen molar-refractivity contribution in [1.29, 1.82) is 0 Å². The molecule has 105 valence electrons. The molecule has 0 fully saturated rings. The average molecular weight is 263 g/mol. The van der Waals surface area contributed by atoms with Gasteiger partial charge in [0.2, 0.25) is 0 Å². The first-order valence-corrected chi connectivity index (χ1v) is 6.94. The number of rotatable bonds is 9. The second kappa shape index (κ2) is 9.53. The van der Waals surface area contributed by atoms with E-state index in [2.05, 4.69) is 5.32 Å². The lowest BCUT2D eigenvalue weighted by molar-refractivity contribution is 0.0952. The first-order valence-electron chi connectivity index (χ1n) is 6.94. The molecule has 0 saturated carbocycles. The van der Waals surface area contributed by atoms with Crippen LogP contribution in [0.3, 0.4) is 0 Å². The summed E-state index contributed by atoms with van der Waals surface area (Å²) in [4.78, 5) is 12.1. The molecule has 3 N–H and O–H groups in total. The van der Waals surface area contributed by atoms with Gasteiger partial charge in [-0.05, 0) is 50.3 Å². The first kappa shape index (κ1) is 15.7. The molecule has 19 heavy (non-hydrogen) atoms. The van der Waals surface area contributed by atoms with E-state index in [1.165, 1.54) is 0 Å². The topological polar surface area (TPSA) is 75.0 Å². The van der Waals surface area contributed by atoms with Gasteiger partial charge in [-0.25, -0.2) is 5.11 Å². The Balaban J connectivity index is 2.52. The molecule has 0 spiro atoms. The van der Waals surface area contributed by atoms with Crippen molar-refractivity contribution < 1.29 is 9.90 Å². The molecular weight excluding hydrogens is 240 g/mol. The molecule has 0 aliphatic rings. The Bertz CT molecular complexity index is 380. The van der Waals surface area contributed by atoms with E-state index in [0.717, 1.165) is 36.8 Å². The molecule has 1 aromatic carbocycles. The van der Waals surface area contributed by atoms with Crippen LogP contribution in [0, 0.1) is 0 Å². The zero-order valence-electron chi connectivity index (χ0n) is 11.4. The standard InChI is InChI=1S/C15H23N2O2/c16-10-4-5-11-17-15(19)14-9-2-1-7-13(14)8-3-6-12-18/h1-2,7,9H,3-6,8,10-12,16H2,(H,17,19). The Labute approximate surface area is 115 Å². The number of nitrogens with one attached hydrogen (secondary N) is 1. The van der Waals surface area contributed by atoms with E-state index in [1.807, 2.05) is 24.3 Å². The number of benzene rings is 1. The van der Waals surface area contributed by atoms with Crippen molar-refractivity contribution in [1.82, 2.24) is 5.32 Å². The maximum atomic E-state index is 12.1. The van der Waals surface area contributed by atoms with Crippen LogP contribution in [0.5, 0.6) is 0 Å². The number of unbranched alkanes of at least 4 members (excludes halogenated alkanes) is 2. The normalized spacial score (nSPS) is 10.4. The van der Waals surface area contributed by atoms with Gasteiger partial charge < -0.3 is 11.1 Å². The van der Waals surface area contributed by atoms with E-state index in [-0.39, 0.29) is 12.5 Å². The fourth-order valence-electron chi connectivity index (χ4n) is 1.94. The van der Waals surface area contributed by atoms with E-state index < -0.39 is 0 Å². The highest BCUT2D eigenvalue weighted by molar-refractivity contribution is 5.95. The number of amides is 1. The lowest BCUT2D eigenvalue weighted by Crippen LogP contribution is -2.26. The van der Waals surface area contributed by atoms with E-state index >= 15 is 0 Å². The van der Waals surface area contributed by atoms with Gasteiger partial charge >= 0.3 is 0 Å². The van der Waals surface area contributed by atoms with Crippen molar-refractivity contribution in [2.45, 2.75) is 32.1 Å². The Hall–Kier alpha value is -1.39. The van der Waals surface area contributed by atoms with Crippen molar-refractivity contribution in [2.75, 3.05) is 19.7 Å². The summed E-state index contributed by atoms with van der Waals surface area (Å²) >= 11 is 0. The van der Waals surface area contributed by atoms with Gasteiger partial charge in [0, 0.05) is 12.1 Å². The van der Waals surface area contributed by atoms with Crippen LogP contribution in [-0.4, -0.2) is 25.6 Å². The molecule has 0 aliphatic heterocycles.